The molecule has 0 spiro atoms. The van der Waals surface area contributed by atoms with Crippen molar-refractivity contribution >= 4 is 11.3 Å². The lowest BCUT2D eigenvalue weighted by Gasteiger charge is -2.06. The Morgan fingerprint density at radius 3 is 2.94 bits per heavy atom. The molecule has 0 unspecified atom stereocenters. The van der Waals surface area contributed by atoms with E-state index in [2.05, 4.69) is 21.4 Å². The van der Waals surface area contributed by atoms with Crippen LogP contribution in [-0.4, -0.2) is 16.6 Å². The highest BCUT2D eigenvalue weighted by Gasteiger charge is 2.04. The lowest BCUT2D eigenvalue weighted by molar-refractivity contribution is 0.305. The molecule has 0 aliphatic rings. The number of nitrogens with two attached hydrogens (primary N) is 1. The molecule has 0 amide bonds. The number of aromatic nitrogens is 2. The summed E-state index contributed by atoms with van der Waals surface area (Å²) in [5.74, 6) is 0.543. The fourth-order valence-corrected chi connectivity index (χ4v) is 2.01. The molecule has 0 saturated heterocycles. The van der Waals surface area contributed by atoms with Crippen LogP contribution in [0.4, 0.5) is 0 Å². The molecular formula is C11H13N3OS. The van der Waals surface area contributed by atoms with Crippen molar-refractivity contribution in [2.24, 2.45) is 5.73 Å². The Labute approximate surface area is 98.1 Å². The summed E-state index contributed by atoms with van der Waals surface area (Å²) in [5.41, 5.74) is 6.24. The molecule has 0 bridgehead atoms. The Kier molecular flexibility index (Phi) is 3.85. The minimum Gasteiger partial charge on any atom is -0.476 e. The van der Waals surface area contributed by atoms with E-state index < -0.39 is 0 Å². The zero-order valence-corrected chi connectivity index (χ0v) is 9.61. The molecule has 84 valence electrons. The Morgan fingerprint density at radius 1 is 1.31 bits per heavy atom. The van der Waals surface area contributed by atoms with E-state index in [-0.39, 0.29) is 0 Å². The summed E-state index contributed by atoms with van der Waals surface area (Å²) in [7, 11) is 0. The fraction of sp³-hybridized carbons (Fsp3) is 0.273. The quantitative estimate of drug-likeness (QED) is 0.855. The standard InChI is InChI=1S/C11H13N3OS/c12-8-10-11(14-5-4-13-10)15-6-3-9-2-1-7-16-9/h1-2,4-5,7H,3,6,8,12H2. The van der Waals surface area contributed by atoms with Crippen molar-refractivity contribution < 1.29 is 4.74 Å². The van der Waals surface area contributed by atoms with E-state index in [0.29, 0.717) is 24.7 Å². The maximum absolute atomic E-state index is 5.55. The number of hydrogen-bond donors (Lipinski definition) is 1. The molecule has 0 atom stereocenters. The zero-order chi connectivity index (χ0) is 11.2. The third kappa shape index (κ3) is 2.77. The average molecular weight is 235 g/mol. The third-order valence-electron chi connectivity index (χ3n) is 2.10. The fourth-order valence-electron chi connectivity index (χ4n) is 1.32. The first kappa shape index (κ1) is 11.0. The van der Waals surface area contributed by atoms with E-state index in [9.17, 15) is 0 Å². The van der Waals surface area contributed by atoms with Gasteiger partial charge in [-0.15, -0.1) is 11.3 Å². The molecule has 4 nitrogen and oxygen atoms in total. The van der Waals surface area contributed by atoms with Crippen LogP contribution in [0.5, 0.6) is 5.88 Å². The molecule has 0 fully saturated rings. The summed E-state index contributed by atoms with van der Waals surface area (Å²) in [4.78, 5) is 9.51. The SMILES string of the molecule is NCc1nccnc1OCCc1cccs1. The van der Waals surface area contributed by atoms with Crippen molar-refractivity contribution in [2.75, 3.05) is 6.61 Å². The van der Waals surface area contributed by atoms with Crippen LogP contribution in [-0.2, 0) is 13.0 Å². The van der Waals surface area contributed by atoms with Gasteiger partial charge in [0.1, 0.15) is 5.69 Å². The molecule has 0 radical (unpaired) electrons. The molecule has 2 heterocycles. The number of nitrogens with zero attached hydrogens (tertiary/aromatic N) is 2. The predicted molar refractivity (Wildman–Crippen MR) is 63.4 cm³/mol. The number of rotatable bonds is 5. The molecule has 2 N–H and O–H groups in total. The molecule has 5 heteroatoms. The second-order valence-corrected chi connectivity index (χ2v) is 4.22. The second kappa shape index (κ2) is 5.58. The minimum atomic E-state index is 0.349. The van der Waals surface area contributed by atoms with Crippen LogP contribution >= 0.6 is 11.3 Å². The van der Waals surface area contributed by atoms with Crippen LogP contribution in [0, 0.1) is 0 Å². The number of thiophene rings is 1. The maximum Gasteiger partial charge on any atom is 0.236 e. The number of ether oxygens (including phenoxy) is 1. The summed E-state index contributed by atoms with van der Waals surface area (Å²) < 4.78 is 5.55. The molecule has 0 saturated carbocycles. The van der Waals surface area contributed by atoms with E-state index in [1.165, 1.54) is 4.88 Å². The minimum absolute atomic E-state index is 0.349. The summed E-state index contributed by atoms with van der Waals surface area (Å²) in [6.07, 6.45) is 4.12. The summed E-state index contributed by atoms with van der Waals surface area (Å²) in [5, 5.41) is 2.06. The van der Waals surface area contributed by atoms with Gasteiger partial charge in [-0.1, -0.05) is 6.07 Å². The molecule has 16 heavy (non-hydrogen) atoms. The first-order chi connectivity index (χ1) is 7.90. The van der Waals surface area contributed by atoms with Crippen molar-refractivity contribution in [1.82, 2.24) is 9.97 Å². The van der Waals surface area contributed by atoms with Gasteiger partial charge in [-0.25, -0.2) is 4.98 Å². The van der Waals surface area contributed by atoms with Gasteiger partial charge in [0.2, 0.25) is 5.88 Å². The lowest BCUT2D eigenvalue weighted by Crippen LogP contribution is -2.08. The normalized spacial score (nSPS) is 10.3. The van der Waals surface area contributed by atoms with Crippen LogP contribution in [0.15, 0.2) is 29.9 Å². The van der Waals surface area contributed by atoms with Crippen molar-refractivity contribution in [3.8, 4) is 5.88 Å². The highest BCUT2D eigenvalue weighted by molar-refractivity contribution is 7.09. The van der Waals surface area contributed by atoms with Crippen LogP contribution in [0.2, 0.25) is 0 Å². The molecule has 0 aromatic carbocycles. The van der Waals surface area contributed by atoms with E-state index in [0.717, 1.165) is 6.42 Å². The topological polar surface area (TPSA) is 61.0 Å². The van der Waals surface area contributed by atoms with Gasteiger partial charge in [0, 0.05) is 30.2 Å². The molecule has 0 aliphatic carbocycles. The van der Waals surface area contributed by atoms with Gasteiger partial charge in [0.15, 0.2) is 0 Å². The van der Waals surface area contributed by atoms with Crippen molar-refractivity contribution in [3.05, 3.63) is 40.5 Å². The van der Waals surface area contributed by atoms with Crippen molar-refractivity contribution in [3.63, 3.8) is 0 Å². The summed E-state index contributed by atoms with van der Waals surface area (Å²) >= 11 is 1.73. The zero-order valence-electron chi connectivity index (χ0n) is 8.80. The highest BCUT2D eigenvalue weighted by atomic mass is 32.1. The molecule has 0 aliphatic heterocycles. The largest absolute Gasteiger partial charge is 0.476 e. The van der Waals surface area contributed by atoms with E-state index in [4.69, 9.17) is 10.5 Å². The van der Waals surface area contributed by atoms with Gasteiger partial charge in [-0.05, 0) is 11.4 Å². The lowest BCUT2D eigenvalue weighted by atomic mass is 10.3. The van der Waals surface area contributed by atoms with E-state index >= 15 is 0 Å². The van der Waals surface area contributed by atoms with Crippen molar-refractivity contribution in [1.29, 1.82) is 0 Å². The highest BCUT2D eigenvalue weighted by Crippen LogP contribution is 2.13. The molecule has 2 aromatic heterocycles. The van der Waals surface area contributed by atoms with Gasteiger partial charge >= 0.3 is 0 Å². The van der Waals surface area contributed by atoms with Crippen LogP contribution in [0.3, 0.4) is 0 Å². The van der Waals surface area contributed by atoms with Gasteiger partial charge in [-0.2, -0.15) is 0 Å². The maximum atomic E-state index is 5.55. The Hall–Kier alpha value is -1.46. The van der Waals surface area contributed by atoms with Crippen LogP contribution < -0.4 is 10.5 Å². The van der Waals surface area contributed by atoms with Gasteiger partial charge in [0.25, 0.3) is 0 Å². The van der Waals surface area contributed by atoms with Crippen LogP contribution in [0.1, 0.15) is 10.6 Å². The first-order valence-electron chi connectivity index (χ1n) is 5.05. The first-order valence-corrected chi connectivity index (χ1v) is 5.93. The van der Waals surface area contributed by atoms with Crippen molar-refractivity contribution in [2.45, 2.75) is 13.0 Å². The molecule has 2 rings (SSSR count). The summed E-state index contributed by atoms with van der Waals surface area (Å²) in [6.45, 7) is 0.953. The predicted octanol–water partition coefficient (Wildman–Crippen LogP) is 1.62. The van der Waals surface area contributed by atoms with Gasteiger partial charge in [-0.3, -0.25) is 4.98 Å². The van der Waals surface area contributed by atoms with Crippen LogP contribution in [0.25, 0.3) is 0 Å². The Balaban J connectivity index is 1.89. The monoisotopic (exact) mass is 235 g/mol. The Morgan fingerprint density at radius 2 is 2.19 bits per heavy atom. The smallest absolute Gasteiger partial charge is 0.236 e. The van der Waals surface area contributed by atoms with Gasteiger partial charge < -0.3 is 10.5 Å². The van der Waals surface area contributed by atoms with E-state index in [1.807, 2.05) is 6.07 Å². The molecule has 2 aromatic rings. The molecular weight excluding hydrogens is 222 g/mol. The average Bonchev–Trinajstić information content (AvgIpc) is 2.83. The van der Waals surface area contributed by atoms with Gasteiger partial charge in [0.05, 0.1) is 6.61 Å². The Bertz CT molecular complexity index is 431. The number of hydrogen-bond acceptors (Lipinski definition) is 5. The summed E-state index contributed by atoms with van der Waals surface area (Å²) in [6, 6.07) is 4.13. The second-order valence-electron chi connectivity index (χ2n) is 3.19. The third-order valence-corrected chi connectivity index (χ3v) is 3.03. The van der Waals surface area contributed by atoms with E-state index in [1.54, 1.807) is 23.7 Å².